The molecule has 0 bridgehead atoms. The van der Waals surface area contributed by atoms with Gasteiger partial charge in [0.25, 0.3) is 15.9 Å². The molecule has 24 heavy (non-hydrogen) atoms. The molecule has 1 heterocycles. The second kappa shape index (κ2) is 6.28. The third kappa shape index (κ3) is 2.78. The molecular formula is C18H20N2O3S. The Labute approximate surface area is 142 Å². The number of aryl methyl sites for hydroxylation is 2. The molecule has 5 nitrogen and oxygen atoms in total. The number of hydrogen-bond donors (Lipinski definition) is 1. The summed E-state index contributed by atoms with van der Waals surface area (Å²) in [6.07, 6.45) is 1.66. The molecule has 0 aromatic heterocycles. The van der Waals surface area contributed by atoms with Crippen molar-refractivity contribution in [3.63, 3.8) is 0 Å². The highest BCUT2D eigenvalue weighted by atomic mass is 32.2. The molecule has 1 aliphatic rings. The number of nitrogens with one attached hydrogen (secondary N) is 1. The molecule has 6 heteroatoms. The highest BCUT2D eigenvalue weighted by Crippen LogP contribution is 2.32. The van der Waals surface area contributed by atoms with Gasteiger partial charge in [0, 0.05) is 19.2 Å². The lowest BCUT2D eigenvalue weighted by Gasteiger charge is -2.30. The molecule has 0 radical (unpaired) electrons. The Morgan fingerprint density at radius 3 is 2.67 bits per heavy atom. The maximum absolute atomic E-state index is 13.1. The fourth-order valence-corrected chi connectivity index (χ4v) is 4.58. The van der Waals surface area contributed by atoms with Gasteiger partial charge in [-0.25, -0.2) is 8.42 Å². The van der Waals surface area contributed by atoms with Crippen LogP contribution in [-0.2, 0) is 16.4 Å². The van der Waals surface area contributed by atoms with Crippen molar-refractivity contribution in [3.8, 4) is 0 Å². The molecule has 0 saturated heterocycles. The SMILES string of the molecule is CNC(=O)c1cc(S(=O)(=O)N2CCCc3ccccc32)ccc1C. The van der Waals surface area contributed by atoms with Gasteiger partial charge in [0.2, 0.25) is 0 Å². The summed E-state index contributed by atoms with van der Waals surface area (Å²) in [4.78, 5) is 12.1. The maximum atomic E-state index is 13.1. The first-order chi connectivity index (χ1) is 11.4. The number of fused-ring (bicyclic) bond motifs is 1. The second-order valence-electron chi connectivity index (χ2n) is 5.87. The molecule has 2 aromatic carbocycles. The van der Waals surface area contributed by atoms with Crippen LogP contribution in [0.2, 0.25) is 0 Å². The molecule has 0 atom stereocenters. The lowest BCUT2D eigenvalue weighted by atomic mass is 10.0. The quantitative estimate of drug-likeness (QED) is 0.930. The molecular weight excluding hydrogens is 324 g/mol. The van der Waals surface area contributed by atoms with E-state index >= 15 is 0 Å². The van der Waals surface area contributed by atoms with E-state index in [1.54, 1.807) is 19.1 Å². The number of amides is 1. The smallest absolute Gasteiger partial charge is 0.264 e. The molecule has 0 aliphatic carbocycles. The van der Waals surface area contributed by atoms with Gasteiger partial charge in [-0.1, -0.05) is 24.3 Å². The molecule has 0 spiro atoms. The lowest BCUT2D eigenvalue weighted by molar-refractivity contribution is 0.0962. The van der Waals surface area contributed by atoms with Crippen LogP contribution in [-0.4, -0.2) is 27.9 Å². The van der Waals surface area contributed by atoms with Gasteiger partial charge in [-0.2, -0.15) is 0 Å². The normalized spacial score (nSPS) is 14.2. The van der Waals surface area contributed by atoms with E-state index in [0.717, 1.165) is 29.7 Å². The highest BCUT2D eigenvalue weighted by molar-refractivity contribution is 7.92. The Balaban J connectivity index is 2.08. The Morgan fingerprint density at radius 1 is 1.17 bits per heavy atom. The Kier molecular flexibility index (Phi) is 4.32. The summed E-state index contributed by atoms with van der Waals surface area (Å²) in [5, 5.41) is 2.55. The summed E-state index contributed by atoms with van der Waals surface area (Å²) in [6, 6.07) is 12.3. The number of sulfonamides is 1. The van der Waals surface area contributed by atoms with E-state index in [9.17, 15) is 13.2 Å². The van der Waals surface area contributed by atoms with E-state index < -0.39 is 10.0 Å². The third-order valence-electron chi connectivity index (χ3n) is 4.34. The van der Waals surface area contributed by atoms with Crippen LogP contribution in [0.3, 0.4) is 0 Å². The number of para-hydroxylation sites is 1. The van der Waals surface area contributed by atoms with Crippen molar-refractivity contribution in [1.29, 1.82) is 0 Å². The van der Waals surface area contributed by atoms with Gasteiger partial charge in [0.05, 0.1) is 10.6 Å². The molecule has 3 rings (SSSR count). The Bertz CT molecular complexity index is 891. The molecule has 1 aliphatic heterocycles. The van der Waals surface area contributed by atoms with Gasteiger partial charge in [-0.15, -0.1) is 0 Å². The number of benzene rings is 2. The van der Waals surface area contributed by atoms with Crippen molar-refractivity contribution in [2.75, 3.05) is 17.9 Å². The third-order valence-corrected chi connectivity index (χ3v) is 6.15. The standard InChI is InChI=1S/C18H20N2O3S/c1-13-9-10-15(12-16(13)18(21)19-2)24(22,23)20-11-5-7-14-6-3-4-8-17(14)20/h3-4,6,8-10,12H,5,7,11H2,1-2H3,(H,19,21). The average molecular weight is 344 g/mol. The van der Waals surface area contributed by atoms with Crippen LogP contribution in [0, 0.1) is 6.92 Å². The van der Waals surface area contributed by atoms with E-state index in [4.69, 9.17) is 0 Å². The Morgan fingerprint density at radius 2 is 1.92 bits per heavy atom. The lowest BCUT2D eigenvalue weighted by Crippen LogP contribution is -2.35. The molecule has 0 unspecified atom stereocenters. The average Bonchev–Trinajstić information content (AvgIpc) is 2.60. The van der Waals surface area contributed by atoms with Crippen LogP contribution in [0.5, 0.6) is 0 Å². The number of rotatable bonds is 3. The summed E-state index contributed by atoms with van der Waals surface area (Å²) in [5.74, 6) is -0.288. The topological polar surface area (TPSA) is 66.5 Å². The first-order valence-corrected chi connectivity index (χ1v) is 9.32. The molecule has 0 fully saturated rings. The first-order valence-electron chi connectivity index (χ1n) is 7.88. The Hall–Kier alpha value is -2.34. The number of carbonyl (C=O) groups is 1. The van der Waals surface area contributed by atoms with Crippen LogP contribution in [0.1, 0.15) is 27.9 Å². The largest absolute Gasteiger partial charge is 0.355 e. The van der Waals surface area contributed by atoms with Gasteiger partial charge in [-0.3, -0.25) is 9.10 Å². The minimum absolute atomic E-state index is 0.142. The fourth-order valence-electron chi connectivity index (χ4n) is 3.02. The number of hydrogen-bond acceptors (Lipinski definition) is 3. The monoisotopic (exact) mass is 344 g/mol. The summed E-state index contributed by atoms with van der Waals surface area (Å²) >= 11 is 0. The van der Waals surface area contributed by atoms with Crippen molar-refractivity contribution < 1.29 is 13.2 Å². The summed E-state index contributed by atoms with van der Waals surface area (Å²) < 4.78 is 27.7. The highest BCUT2D eigenvalue weighted by Gasteiger charge is 2.29. The molecule has 1 amide bonds. The predicted octanol–water partition coefficient (Wildman–Crippen LogP) is 2.50. The van der Waals surface area contributed by atoms with Crippen LogP contribution in [0.4, 0.5) is 5.69 Å². The fraction of sp³-hybridized carbons (Fsp3) is 0.278. The molecule has 2 aromatic rings. The van der Waals surface area contributed by atoms with Gasteiger partial charge in [-0.05, 0) is 49.1 Å². The molecule has 0 saturated carbocycles. The van der Waals surface area contributed by atoms with Crippen LogP contribution in [0.15, 0.2) is 47.4 Å². The molecule has 1 N–H and O–H groups in total. The summed E-state index contributed by atoms with van der Waals surface area (Å²) in [5.41, 5.74) is 2.88. The van der Waals surface area contributed by atoms with Crippen LogP contribution >= 0.6 is 0 Å². The minimum Gasteiger partial charge on any atom is -0.355 e. The zero-order chi connectivity index (χ0) is 17.3. The van der Waals surface area contributed by atoms with Gasteiger partial charge in [0.1, 0.15) is 0 Å². The van der Waals surface area contributed by atoms with E-state index in [0.29, 0.717) is 12.1 Å². The number of carbonyl (C=O) groups excluding carboxylic acids is 1. The summed E-state index contributed by atoms with van der Waals surface area (Å²) in [7, 11) is -2.17. The van der Waals surface area contributed by atoms with E-state index in [-0.39, 0.29) is 10.8 Å². The number of anilines is 1. The van der Waals surface area contributed by atoms with Crippen molar-refractivity contribution in [2.24, 2.45) is 0 Å². The second-order valence-corrected chi connectivity index (χ2v) is 7.73. The zero-order valence-corrected chi connectivity index (χ0v) is 14.6. The first kappa shape index (κ1) is 16.5. The van der Waals surface area contributed by atoms with Gasteiger partial charge >= 0.3 is 0 Å². The van der Waals surface area contributed by atoms with Gasteiger partial charge < -0.3 is 5.32 Å². The van der Waals surface area contributed by atoms with E-state index in [2.05, 4.69) is 5.32 Å². The van der Waals surface area contributed by atoms with E-state index in [1.165, 1.54) is 17.4 Å². The summed E-state index contributed by atoms with van der Waals surface area (Å²) in [6.45, 7) is 2.24. The van der Waals surface area contributed by atoms with Crippen LogP contribution in [0.25, 0.3) is 0 Å². The maximum Gasteiger partial charge on any atom is 0.264 e. The minimum atomic E-state index is -3.70. The van der Waals surface area contributed by atoms with Crippen molar-refractivity contribution in [1.82, 2.24) is 5.32 Å². The van der Waals surface area contributed by atoms with E-state index in [1.807, 2.05) is 24.3 Å². The van der Waals surface area contributed by atoms with Crippen molar-refractivity contribution >= 4 is 21.6 Å². The molecule has 126 valence electrons. The van der Waals surface area contributed by atoms with Gasteiger partial charge in [0.15, 0.2) is 0 Å². The zero-order valence-electron chi connectivity index (χ0n) is 13.7. The predicted molar refractivity (Wildman–Crippen MR) is 93.9 cm³/mol. The van der Waals surface area contributed by atoms with Crippen molar-refractivity contribution in [2.45, 2.75) is 24.7 Å². The van der Waals surface area contributed by atoms with Crippen molar-refractivity contribution in [3.05, 3.63) is 59.2 Å². The van der Waals surface area contributed by atoms with Crippen LogP contribution < -0.4 is 9.62 Å². The number of nitrogens with zero attached hydrogens (tertiary/aromatic N) is 1.